The number of nitrogens with one attached hydrogen (secondary N) is 1. The van der Waals surface area contributed by atoms with E-state index in [0.29, 0.717) is 12.5 Å². The standard InChI is InChI=1S/C14H22N4/c1-10(2)14(3,9-15)17-13-16-11-7-5-6-8-12(11)18(13)4/h5-8,10H,9,15H2,1-4H3,(H,16,17). The SMILES string of the molecule is CC(C)C(C)(CN)Nc1nc2ccccc2n1C. The molecule has 0 aliphatic rings. The van der Waals surface area contributed by atoms with Crippen molar-refractivity contribution in [1.82, 2.24) is 9.55 Å². The van der Waals surface area contributed by atoms with Gasteiger partial charge in [0.2, 0.25) is 5.95 Å². The fraction of sp³-hybridized carbons (Fsp3) is 0.500. The molecule has 1 aromatic carbocycles. The van der Waals surface area contributed by atoms with Crippen molar-refractivity contribution in [2.75, 3.05) is 11.9 Å². The van der Waals surface area contributed by atoms with Gasteiger partial charge in [-0.15, -0.1) is 0 Å². The summed E-state index contributed by atoms with van der Waals surface area (Å²) in [6, 6.07) is 8.13. The number of anilines is 1. The molecule has 0 amide bonds. The summed E-state index contributed by atoms with van der Waals surface area (Å²) in [7, 11) is 2.02. The highest BCUT2D eigenvalue weighted by atomic mass is 15.2. The number of nitrogens with two attached hydrogens (primary N) is 1. The molecule has 0 aliphatic carbocycles. The fourth-order valence-electron chi connectivity index (χ4n) is 1.94. The average Bonchev–Trinajstić information content (AvgIpc) is 2.66. The zero-order chi connectivity index (χ0) is 13.3. The van der Waals surface area contributed by atoms with E-state index in [-0.39, 0.29) is 5.54 Å². The normalized spacial score (nSPS) is 15.0. The third kappa shape index (κ3) is 2.08. The van der Waals surface area contributed by atoms with Crippen molar-refractivity contribution in [2.45, 2.75) is 26.3 Å². The van der Waals surface area contributed by atoms with Gasteiger partial charge in [-0.3, -0.25) is 0 Å². The number of hydrogen-bond donors (Lipinski definition) is 2. The van der Waals surface area contributed by atoms with E-state index in [4.69, 9.17) is 5.73 Å². The van der Waals surface area contributed by atoms with Crippen molar-refractivity contribution in [2.24, 2.45) is 18.7 Å². The molecule has 2 aromatic rings. The van der Waals surface area contributed by atoms with Gasteiger partial charge in [0.1, 0.15) is 0 Å². The van der Waals surface area contributed by atoms with Crippen LogP contribution in [0.4, 0.5) is 5.95 Å². The van der Waals surface area contributed by atoms with Crippen LogP contribution in [0.5, 0.6) is 0 Å². The number of aryl methyl sites for hydroxylation is 1. The largest absolute Gasteiger partial charge is 0.349 e. The zero-order valence-electron chi connectivity index (χ0n) is 11.6. The lowest BCUT2D eigenvalue weighted by atomic mass is 9.89. The van der Waals surface area contributed by atoms with Gasteiger partial charge in [0.25, 0.3) is 0 Å². The molecule has 4 nitrogen and oxygen atoms in total. The van der Waals surface area contributed by atoms with Gasteiger partial charge in [-0.1, -0.05) is 26.0 Å². The van der Waals surface area contributed by atoms with Crippen LogP contribution in [0.15, 0.2) is 24.3 Å². The Morgan fingerprint density at radius 2 is 2.06 bits per heavy atom. The lowest BCUT2D eigenvalue weighted by molar-refractivity contribution is 0.379. The Balaban J connectivity index is 2.40. The van der Waals surface area contributed by atoms with Crippen LogP contribution in [0, 0.1) is 5.92 Å². The van der Waals surface area contributed by atoms with Gasteiger partial charge in [-0.05, 0) is 25.0 Å². The third-order valence-electron chi connectivity index (χ3n) is 3.88. The van der Waals surface area contributed by atoms with Gasteiger partial charge in [-0.2, -0.15) is 0 Å². The second-order valence-corrected chi connectivity index (χ2v) is 5.38. The maximum atomic E-state index is 5.90. The van der Waals surface area contributed by atoms with Crippen LogP contribution in [0.25, 0.3) is 11.0 Å². The Morgan fingerprint density at radius 3 is 2.61 bits per heavy atom. The molecular weight excluding hydrogens is 224 g/mol. The summed E-state index contributed by atoms with van der Waals surface area (Å²) in [6.07, 6.45) is 0. The molecule has 98 valence electrons. The predicted octanol–water partition coefficient (Wildman–Crippen LogP) is 2.36. The molecule has 1 atom stereocenters. The first-order valence-electron chi connectivity index (χ1n) is 6.37. The van der Waals surface area contributed by atoms with Crippen molar-refractivity contribution in [1.29, 1.82) is 0 Å². The van der Waals surface area contributed by atoms with E-state index in [0.717, 1.165) is 17.0 Å². The Hall–Kier alpha value is -1.55. The van der Waals surface area contributed by atoms with Crippen LogP contribution < -0.4 is 11.1 Å². The first-order chi connectivity index (χ1) is 8.48. The molecule has 0 bridgehead atoms. The highest BCUT2D eigenvalue weighted by molar-refractivity contribution is 5.78. The van der Waals surface area contributed by atoms with Gasteiger partial charge < -0.3 is 15.6 Å². The van der Waals surface area contributed by atoms with E-state index in [1.54, 1.807) is 0 Å². The van der Waals surface area contributed by atoms with Crippen molar-refractivity contribution in [3.8, 4) is 0 Å². The quantitative estimate of drug-likeness (QED) is 0.870. The van der Waals surface area contributed by atoms with Gasteiger partial charge >= 0.3 is 0 Å². The van der Waals surface area contributed by atoms with Crippen LogP contribution in [0.1, 0.15) is 20.8 Å². The van der Waals surface area contributed by atoms with Crippen LogP contribution >= 0.6 is 0 Å². The van der Waals surface area contributed by atoms with E-state index in [2.05, 4.69) is 41.7 Å². The molecule has 1 aromatic heterocycles. The Kier molecular flexibility index (Phi) is 3.30. The molecule has 2 rings (SSSR count). The van der Waals surface area contributed by atoms with Crippen LogP contribution in [0.3, 0.4) is 0 Å². The molecule has 0 spiro atoms. The fourth-order valence-corrected chi connectivity index (χ4v) is 1.94. The lowest BCUT2D eigenvalue weighted by Gasteiger charge is -2.33. The molecule has 0 saturated carbocycles. The number of aromatic nitrogens is 2. The van der Waals surface area contributed by atoms with E-state index in [1.807, 2.05) is 25.2 Å². The topological polar surface area (TPSA) is 55.9 Å². The first kappa shape index (κ1) is 12.9. The van der Waals surface area contributed by atoms with Gasteiger partial charge in [-0.25, -0.2) is 4.98 Å². The van der Waals surface area contributed by atoms with Crippen LogP contribution in [-0.2, 0) is 7.05 Å². The molecule has 0 fully saturated rings. The summed E-state index contributed by atoms with van der Waals surface area (Å²) in [6.45, 7) is 7.05. The number of hydrogen-bond acceptors (Lipinski definition) is 3. The number of rotatable bonds is 4. The number of para-hydroxylation sites is 2. The minimum atomic E-state index is -0.144. The molecule has 0 radical (unpaired) electrons. The molecule has 18 heavy (non-hydrogen) atoms. The second kappa shape index (κ2) is 4.61. The van der Waals surface area contributed by atoms with E-state index < -0.39 is 0 Å². The number of benzene rings is 1. The summed E-state index contributed by atoms with van der Waals surface area (Å²) >= 11 is 0. The highest BCUT2D eigenvalue weighted by Gasteiger charge is 2.28. The van der Waals surface area contributed by atoms with E-state index in [1.165, 1.54) is 0 Å². The molecule has 4 heteroatoms. The smallest absolute Gasteiger partial charge is 0.204 e. The van der Waals surface area contributed by atoms with Gasteiger partial charge in [0, 0.05) is 13.6 Å². The van der Waals surface area contributed by atoms with Crippen molar-refractivity contribution < 1.29 is 0 Å². The molecule has 1 unspecified atom stereocenters. The van der Waals surface area contributed by atoms with Gasteiger partial charge in [0.05, 0.1) is 16.6 Å². The molecule has 1 heterocycles. The summed E-state index contributed by atoms with van der Waals surface area (Å²) < 4.78 is 2.08. The van der Waals surface area contributed by atoms with Crippen LogP contribution in [-0.4, -0.2) is 21.6 Å². The summed E-state index contributed by atoms with van der Waals surface area (Å²) in [5.41, 5.74) is 7.89. The molecule has 3 N–H and O–H groups in total. The minimum Gasteiger partial charge on any atom is -0.349 e. The summed E-state index contributed by atoms with van der Waals surface area (Å²) in [5, 5.41) is 3.49. The van der Waals surface area contributed by atoms with Crippen molar-refractivity contribution >= 4 is 17.0 Å². The Labute approximate surface area is 108 Å². The Morgan fingerprint density at radius 1 is 1.39 bits per heavy atom. The van der Waals surface area contributed by atoms with Crippen molar-refractivity contribution in [3.63, 3.8) is 0 Å². The number of imidazole rings is 1. The molecular formula is C14H22N4. The van der Waals surface area contributed by atoms with Crippen molar-refractivity contribution in [3.05, 3.63) is 24.3 Å². The number of nitrogens with zero attached hydrogens (tertiary/aromatic N) is 2. The molecule has 0 saturated heterocycles. The minimum absolute atomic E-state index is 0.144. The van der Waals surface area contributed by atoms with Gasteiger partial charge in [0.15, 0.2) is 0 Å². The Bertz CT molecular complexity index is 544. The third-order valence-corrected chi connectivity index (χ3v) is 3.88. The monoisotopic (exact) mass is 246 g/mol. The second-order valence-electron chi connectivity index (χ2n) is 5.38. The summed E-state index contributed by atoms with van der Waals surface area (Å²) in [5.74, 6) is 1.31. The average molecular weight is 246 g/mol. The van der Waals surface area contributed by atoms with E-state index in [9.17, 15) is 0 Å². The lowest BCUT2D eigenvalue weighted by Crippen LogP contribution is -2.47. The first-order valence-corrected chi connectivity index (χ1v) is 6.37. The summed E-state index contributed by atoms with van der Waals surface area (Å²) in [4.78, 5) is 4.62. The molecule has 0 aliphatic heterocycles. The predicted molar refractivity (Wildman–Crippen MR) is 76.6 cm³/mol. The van der Waals surface area contributed by atoms with E-state index >= 15 is 0 Å². The maximum absolute atomic E-state index is 5.90. The zero-order valence-corrected chi connectivity index (χ0v) is 11.6. The maximum Gasteiger partial charge on any atom is 0.204 e. The van der Waals surface area contributed by atoms with Crippen LogP contribution in [0.2, 0.25) is 0 Å². The highest BCUT2D eigenvalue weighted by Crippen LogP contribution is 2.24. The number of fused-ring (bicyclic) bond motifs is 1.